The zero-order chi connectivity index (χ0) is 21.1. The second-order valence-corrected chi connectivity index (χ2v) is 8.66. The molecule has 0 spiro atoms. The van der Waals surface area contributed by atoms with Gasteiger partial charge in [0.15, 0.2) is 11.5 Å². The van der Waals surface area contributed by atoms with Crippen molar-refractivity contribution in [2.24, 2.45) is 0 Å². The van der Waals surface area contributed by atoms with Crippen molar-refractivity contribution < 1.29 is 19.1 Å². The minimum Gasteiger partial charge on any atom is -0.454 e. The summed E-state index contributed by atoms with van der Waals surface area (Å²) in [7, 11) is 0. The second-order valence-electron chi connectivity index (χ2n) is 6.57. The molecule has 154 valence electrons. The molecule has 2 heterocycles. The Balaban J connectivity index is 1.30. The minimum absolute atomic E-state index is 0.147. The molecule has 0 saturated carbocycles. The van der Waals surface area contributed by atoms with Gasteiger partial charge in [0.05, 0.1) is 4.91 Å². The summed E-state index contributed by atoms with van der Waals surface area (Å²) >= 11 is 12.8. The van der Waals surface area contributed by atoms with Gasteiger partial charge in [0.25, 0.3) is 5.91 Å². The van der Waals surface area contributed by atoms with Crippen molar-refractivity contribution >= 4 is 63.5 Å². The van der Waals surface area contributed by atoms with Crippen LogP contribution in [0.25, 0.3) is 6.08 Å². The van der Waals surface area contributed by atoms with Crippen LogP contribution in [0.3, 0.4) is 0 Å². The highest BCUT2D eigenvalue weighted by atomic mass is 35.5. The van der Waals surface area contributed by atoms with Crippen LogP contribution in [-0.2, 0) is 9.59 Å². The number of hydrogen-bond donors (Lipinski definition) is 1. The molecule has 0 aromatic heterocycles. The maximum atomic E-state index is 12.7. The summed E-state index contributed by atoms with van der Waals surface area (Å²) in [5, 5.41) is 3.40. The van der Waals surface area contributed by atoms with E-state index in [1.807, 2.05) is 18.2 Å². The molecule has 9 heteroatoms. The smallest absolute Gasteiger partial charge is 0.266 e. The highest BCUT2D eigenvalue weighted by molar-refractivity contribution is 8.26. The summed E-state index contributed by atoms with van der Waals surface area (Å²) in [5.41, 5.74) is 1.40. The van der Waals surface area contributed by atoms with E-state index in [-0.39, 0.29) is 25.0 Å². The van der Waals surface area contributed by atoms with Crippen LogP contribution < -0.4 is 14.8 Å². The summed E-state index contributed by atoms with van der Waals surface area (Å²) in [6.07, 6.45) is 2.49. The molecule has 0 atom stereocenters. The van der Waals surface area contributed by atoms with Crippen LogP contribution >= 0.6 is 35.6 Å². The maximum Gasteiger partial charge on any atom is 0.266 e. The molecular formula is C21H17ClN2O4S2. The maximum absolute atomic E-state index is 12.7. The Morgan fingerprint density at radius 1 is 1.23 bits per heavy atom. The van der Waals surface area contributed by atoms with E-state index in [4.69, 9.17) is 33.3 Å². The van der Waals surface area contributed by atoms with Crippen molar-refractivity contribution in [1.29, 1.82) is 0 Å². The van der Waals surface area contributed by atoms with E-state index < -0.39 is 0 Å². The van der Waals surface area contributed by atoms with Gasteiger partial charge in [-0.05, 0) is 36.3 Å². The van der Waals surface area contributed by atoms with Gasteiger partial charge < -0.3 is 14.8 Å². The highest BCUT2D eigenvalue weighted by Crippen LogP contribution is 2.35. The number of fused-ring (bicyclic) bond motifs is 1. The van der Waals surface area contributed by atoms with Crippen molar-refractivity contribution in [2.75, 3.05) is 18.7 Å². The number of thiocarbonyl (C=S) groups is 1. The molecule has 1 fully saturated rings. The van der Waals surface area contributed by atoms with Crippen LogP contribution in [0.4, 0.5) is 5.69 Å². The van der Waals surface area contributed by atoms with E-state index in [0.717, 1.165) is 5.56 Å². The molecule has 2 aliphatic rings. The molecule has 1 N–H and O–H groups in total. The Morgan fingerprint density at radius 3 is 2.87 bits per heavy atom. The lowest BCUT2D eigenvalue weighted by Gasteiger charge is -2.14. The number of ether oxygens (including phenoxy) is 2. The predicted molar refractivity (Wildman–Crippen MR) is 122 cm³/mol. The lowest BCUT2D eigenvalue weighted by Crippen LogP contribution is -2.29. The molecule has 30 heavy (non-hydrogen) atoms. The SMILES string of the molecule is O=C(CCCN1C(=O)C(=Cc2ccccc2Cl)SC1=S)Nc1ccc2c(c1)OCO2. The summed E-state index contributed by atoms with van der Waals surface area (Å²) in [4.78, 5) is 27.0. The lowest BCUT2D eigenvalue weighted by molar-refractivity contribution is -0.122. The van der Waals surface area contributed by atoms with Crippen LogP contribution in [0.15, 0.2) is 47.4 Å². The van der Waals surface area contributed by atoms with Gasteiger partial charge in [0.2, 0.25) is 12.7 Å². The Bertz CT molecular complexity index is 1060. The monoisotopic (exact) mass is 460 g/mol. The molecular weight excluding hydrogens is 444 g/mol. The number of halogens is 1. The van der Waals surface area contributed by atoms with Gasteiger partial charge in [-0.25, -0.2) is 0 Å². The van der Waals surface area contributed by atoms with Gasteiger partial charge in [-0.15, -0.1) is 0 Å². The third kappa shape index (κ3) is 4.61. The van der Waals surface area contributed by atoms with Gasteiger partial charge in [0, 0.05) is 29.7 Å². The van der Waals surface area contributed by atoms with Gasteiger partial charge in [-0.2, -0.15) is 0 Å². The number of nitrogens with zero attached hydrogens (tertiary/aromatic N) is 1. The summed E-state index contributed by atoms with van der Waals surface area (Å²) in [5.74, 6) is 0.954. The number of amides is 2. The quantitative estimate of drug-likeness (QED) is 0.498. The van der Waals surface area contributed by atoms with Crippen LogP contribution in [-0.4, -0.2) is 34.4 Å². The molecule has 4 rings (SSSR count). The molecule has 0 aliphatic carbocycles. The number of rotatable bonds is 6. The van der Waals surface area contributed by atoms with E-state index in [9.17, 15) is 9.59 Å². The van der Waals surface area contributed by atoms with Crippen molar-refractivity contribution in [3.63, 3.8) is 0 Å². The highest BCUT2D eigenvalue weighted by Gasteiger charge is 2.31. The number of thioether (sulfide) groups is 1. The van der Waals surface area contributed by atoms with Gasteiger partial charge in [0.1, 0.15) is 4.32 Å². The van der Waals surface area contributed by atoms with Crippen molar-refractivity contribution in [2.45, 2.75) is 12.8 Å². The van der Waals surface area contributed by atoms with Crippen LogP contribution in [0, 0.1) is 0 Å². The van der Waals surface area contributed by atoms with Crippen LogP contribution in [0.2, 0.25) is 5.02 Å². The molecule has 6 nitrogen and oxygen atoms in total. The second kappa shape index (κ2) is 9.07. The van der Waals surface area contributed by atoms with E-state index in [2.05, 4.69) is 5.32 Å². The van der Waals surface area contributed by atoms with Crippen LogP contribution in [0.1, 0.15) is 18.4 Å². The molecule has 2 aliphatic heterocycles. The largest absolute Gasteiger partial charge is 0.454 e. The zero-order valence-corrected chi connectivity index (χ0v) is 18.1. The zero-order valence-electron chi connectivity index (χ0n) is 15.7. The molecule has 2 amide bonds. The van der Waals surface area contributed by atoms with E-state index in [0.29, 0.717) is 44.4 Å². The molecule has 0 unspecified atom stereocenters. The Kier molecular flexibility index (Phi) is 6.26. The topological polar surface area (TPSA) is 67.9 Å². The number of nitrogens with one attached hydrogen (secondary N) is 1. The van der Waals surface area contributed by atoms with Gasteiger partial charge in [-0.1, -0.05) is 53.8 Å². The number of hydrogen-bond acceptors (Lipinski definition) is 6. The number of carbonyl (C=O) groups excluding carboxylic acids is 2. The van der Waals surface area contributed by atoms with Gasteiger partial charge in [-0.3, -0.25) is 14.5 Å². The van der Waals surface area contributed by atoms with Crippen molar-refractivity contribution in [3.8, 4) is 11.5 Å². The number of carbonyl (C=O) groups is 2. The van der Waals surface area contributed by atoms with E-state index in [1.54, 1.807) is 30.3 Å². The Morgan fingerprint density at radius 2 is 2.03 bits per heavy atom. The lowest BCUT2D eigenvalue weighted by atomic mass is 10.2. The van der Waals surface area contributed by atoms with E-state index in [1.165, 1.54) is 16.7 Å². The molecule has 2 aromatic carbocycles. The van der Waals surface area contributed by atoms with Crippen molar-refractivity contribution in [3.05, 3.63) is 58.0 Å². The molecule has 2 aromatic rings. The standard InChI is InChI=1S/C21H17ClN2O4S2/c22-15-5-2-1-4-13(15)10-18-20(26)24(21(29)30-18)9-3-6-19(25)23-14-7-8-16-17(11-14)28-12-27-16/h1-2,4-5,7-8,10-11H,3,6,9,12H2,(H,23,25). The fourth-order valence-electron chi connectivity index (χ4n) is 3.02. The van der Waals surface area contributed by atoms with E-state index >= 15 is 0 Å². The Labute approximate surface area is 188 Å². The first-order valence-electron chi connectivity index (χ1n) is 9.20. The summed E-state index contributed by atoms with van der Waals surface area (Å²) in [6, 6.07) is 12.5. The summed E-state index contributed by atoms with van der Waals surface area (Å²) in [6.45, 7) is 0.556. The fourth-order valence-corrected chi connectivity index (χ4v) is 4.51. The number of benzene rings is 2. The predicted octanol–water partition coefficient (Wildman–Crippen LogP) is 4.69. The average Bonchev–Trinajstić information content (AvgIpc) is 3.29. The van der Waals surface area contributed by atoms with Gasteiger partial charge >= 0.3 is 0 Å². The third-order valence-corrected chi connectivity index (χ3v) is 6.23. The fraction of sp³-hybridized carbons (Fsp3) is 0.190. The summed E-state index contributed by atoms with van der Waals surface area (Å²) < 4.78 is 11.0. The third-order valence-electron chi connectivity index (χ3n) is 4.51. The molecule has 0 radical (unpaired) electrons. The molecule has 0 bridgehead atoms. The first-order chi connectivity index (χ1) is 14.5. The Hall–Kier alpha value is -2.55. The first kappa shape index (κ1) is 20.7. The van der Waals surface area contributed by atoms with Crippen LogP contribution in [0.5, 0.6) is 11.5 Å². The average molecular weight is 461 g/mol. The first-order valence-corrected chi connectivity index (χ1v) is 10.8. The number of anilines is 1. The minimum atomic E-state index is -0.166. The molecule has 1 saturated heterocycles. The normalized spacial score (nSPS) is 16.4. The van der Waals surface area contributed by atoms with Crippen molar-refractivity contribution in [1.82, 2.24) is 4.90 Å².